The Bertz CT molecular complexity index is 799. The molecule has 2 aromatic rings. The number of aliphatic imine (C=N–C) groups is 1. The quantitative estimate of drug-likeness (QED) is 0.641. The first-order chi connectivity index (χ1) is 13.6. The third-order valence-corrected chi connectivity index (χ3v) is 5.11. The van der Waals surface area contributed by atoms with E-state index in [2.05, 4.69) is 47.5 Å². The fourth-order valence-electron chi connectivity index (χ4n) is 3.55. The van der Waals surface area contributed by atoms with E-state index in [0.29, 0.717) is 18.0 Å². The molecule has 5 heteroatoms. The predicted octanol–water partition coefficient (Wildman–Crippen LogP) is 3.34. The lowest BCUT2D eigenvalue weighted by Gasteiger charge is -2.22. The maximum atomic E-state index is 12.0. The third kappa shape index (κ3) is 4.91. The number of benzene rings is 2. The second-order valence-electron chi connectivity index (χ2n) is 7.41. The highest BCUT2D eigenvalue weighted by Gasteiger charge is 2.25. The number of nitrogens with one attached hydrogen (secondary N) is 1. The van der Waals surface area contributed by atoms with Gasteiger partial charge in [-0.25, -0.2) is 4.99 Å². The van der Waals surface area contributed by atoms with Gasteiger partial charge in [-0.1, -0.05) is 42.5 Å². The molecule has 28 heavy (non-hydrogen) atoms. The zero-order valence-corrected chi connectivity index (χ0v) is 17.1. The highest BCUT2D eigenvalue weighted by atomic mass is 16.2. The lowest BCUT2D eigenvalue weighted by molar-refractivity contribution is 0.0827. The molecule has 0 radical (unpaired) electrons. The zero-order valence-electron chi connectivity index (χ0n) is 17.1. The van der Waals surface area contributed by atoms with Gasteiger partial charge < -0.3 is 15.1 Å². The zero-order chi connectivity index (χ0) is 19.9. The molecule has 5 nitrogen and oxygen atoms in total. The van der Waals surface area contributed by atoms with Crippen molar-refractivity contribution in [2.45, 2.75) is 25.8 Å². The first-order valence-electron chi connectivity index (χ1n) is 9.97. The first-order valence-corrected chi connectivity index (χ1v) is 9.97. The molecule has 1 fully saturated rings. The smallest absolute Gasteiger partial charge is 0.253 e. The minimum absolute atomic E-state index is 0.0208. The Morgan fingerprint density at radius 2 is 1.86 bits per heavy atom. The maximum absolute atomic E-state index is 12.0. The van der Waals surface area contributed by atoms with E-state index in [1.54, 1.807) is 19.0 Å². The molecule has 1 unspecified atom stereocenters. The summed E-state index contributed by atoms with van der Waals surface area (Å²) in [6.07, 6.45) is 1.15. The molecule has 0 aromatic heterocycles. The van der Waals surface area contributed by atoms with Crippen LogP contribution in [0.4, 0.5) is 0 Å². The number of likely N-dealkylation sites (tertiary alicyclic amines) is 1. The van der Waals surface area contributed by atoms with Crippen LogP contribution >= 0.6 is 0 Å². The minimum atomic E-state index is 0.0208. The van der Waals surface area contributed by atoms with Crippen LogP contribution in [0.3, 0.4) is 0 Å². The average Bonchev–Trinajstić information content (AvgIpc) is 3.21. The van der Waals surface area contributed by atoms with Crippen molar-refractivity contribution in [3.63, 3.8) is 0 Å². The summed E-state index contributed by atoms with van der Waals surface area (Å²) in [6, 6.07) is 18.5. The van der Waals surface area contributed by atoms with Crippen molar-refractivity contribution in [3.8, 4) is 0 Å². The van der Waals surface area contributed by atoms with Gasteiger partial charge in [-0.3, -0.25) is 4.79 Å². The Kier molecular flexibility index (Phi) is 6.69. The van der Waals surface area contributed by atoms with E-state index in [1.165, 1.54) is 5.56 Å². The van der Waals surface area contributed by atoms with Crippen LogP contribution in [0.25, 0.3) is 0 Å². The number of carbonyl (C=O) groups is 1. The van der Waals surface area contributed by atoms with Gasteiger partial charge in [0, 0.05) is 45.2 Å². The summed E-state index contributed by atoms with van der Waals surface area (Å²) in [5.41, 5.74) is 3.21. The van der Waals surface area contributed by atoms with Crippen LogP contribution in [-0.4, -0.2) is 55.4 Å². The molecular formula is C23H30N4O. The fourth-order valence-corrected chi connectivity index (χ4v) is 3.55. The molecule has 1 atom stereocenters. The Morgan fingerprint density at radius 3 is 2.50 bits per heavy atom. The molecule has 1 aliphatic rings. The van der Waals surface area contributed by atoms with Crippen LogP contribution in [0.15, 0.2) is 59.6 Å². The summed E-state index contributed by atoms with van der Waals surface area (Å²) in [7, 11) is 3.53. The van der Waals surface area contributed by atoms with E-state index in [9.17, 15) is 4.79 Å². The largest absolute Gasteiger partial charge is 0.357 e. The summed E-state index contributed by atoms with van der Waals surface area (Å²) in [5, 5.41) is 3.43. The highest BCUT2D eigenvalue weighted by molar-refractivity contribution is 5.93. The van der Waals surface area contributed by atoms with Crippen LogP contribution in [0, 0.1) is 0 Å². The number of rotatable bonds is 5. The highest BCUT2D eigenvalue weighted by Crippen LogP contribution is 2.27. The molecule has 3 rings (SSSR count). The molecule has 0 bridgehead atoms. The summed E-state index contributed by atoms with van der Waals surface area (Å²) >= 11 is 0. The summed E-state index contributed by atoms with van der Waals surface area (Å²) in [4.78, 5) is 20.8. The predicted molar refractivity (Wildman–Crippen MR) is 115 cm³/mol. The summed E-state index contributed by atoms with van der Waals surface area (Å²) in [5.74, 6) is 1.54. The molecule has 1 amide bonds. The van der Waals surface area contributed by atoms with Crippen molar-refractivity contribution in [2.24, 2.45) is 4.99 Å². The van der Waals surface area contributed by atoms with Crippen LogP contribution in [0.1, 0.15) is 40.7 Å². The van der Waals surface area contributed by atoms with Crippen molar-refractivity contribution in [2.75, 3.05) is 33.7 Å². The molecule has 1 aliphatic heterocycles. The number of guanidine groups is 1. The number of hydrogen-bond donors (Lipinski definition) is 1. The Hall–Kier alpha value is -2.82. The fraction of sp³-hybridized carbons (Fsp3) is 0.391. The van der Waals surface area contributed by atoms with E-state index in [0.717, 1.165) is 37.6 Å². The van der Waals surface area contributed by atoms with Crippen molar-refractivity contribution in [3.05, 3.63) is 71.3 Å². The van der Waals surface area contributed by atoms with E-state index in [1.807, 2.05) is 24.3 Å². The van der Waals surface area contributed by atoms with Crippen molar-refractivity contribution in [1.82, 2.24) is 15.1 Å². The van der Waals surface area contributed by atoms with Gasteiger partial charge >= 0.3 is 0 Å². The minimum Gasteiger partial charge on any atom is -0.357 e. The van der Waals surface area contributed by atoms with Crippen molar-refractivity contribution in [1.29, 1.82) is 0 Å². The van der Waals surface area contributed by atoms with E-state index < -0.39 is 0 Å². The Morgan fingerprint density at radius 1 is 1.14 bits per heavy atom. The topological polar surface area (TPSA) is 47.9 Å². The van der Waals surface area contributed by atoms with Gasteiger partial charge in [0.1, 0.15) is 0 Å². The van der Waals surface area contributed by atoms with Gasteiger partial charge in [-0.05, 0) is 36.6 Å². The molecule has 0 aliphatic carbocycles. The van der Waals surface area contributed by atoms with Gasteiger partial charge in [0.15, 0.2) is 5.96 Å². The molecule has 2 aromatic carbocycles. The van der Waals surface area contributed by atoms with E-state index in [4.69, 9.17) is 4.99 Å². The second kappa shape index (κ2) is 9.40. The molecule has 1 heterocycles. The van der Waals surface area contributed by atoms with Crippen LogP contribution in [-0.2, 0) is 6.54 Å². The molecule has 1 saturated heterocycles. The first kappa shape index (κ1) is 19.9. The van der Waals surface area contributed by atoms with Gasteiger partial charge in [-0.15, -0.1) is 0 Å². The van der Waals surface area contributed by atoms with Crippen LogP contribution < -0.4 is 5.32 Å². The Balaban J connectivity index is 1.65. The number of amides is 1. The summed E-state index contributed by atoms with van der Waals surface area (Å²) < 4.78 is 0. The average molecular weight is 379 g/mol. The number of nitrogens with zero attached hydrogens (tertiary/aromatic N) is 3. The van der Waals surface area contributed by atoms with Crippen molar-refractivity contribution >= 4 is 11.9 Å². The Labute approximate surface area is 168 Å². The standard InChI is InChI=1S/C23H30N4O/c1-4-24-23(27-15-14-21(17-27)19-8-6-5-7-9-19)25-16-18-10-12-20(13-11-18)22(28)26(2)3/h5-13,21H,4,14-17H2,1-3H3,(H,24,25). The molecular weight excluding hydrogens is 348 g/mol. The molecule has 0 saturated carbocycles. The van der Waals surface area contributed by atoms with Gasteiger partial charge in [0.2, 0.25) is 0 Å². The van der Waals surface area contributed by atoms with Crippen LogP contribution in [0.5, 0.6) is 0 Å². The maximum Gasteiger partial charge on any atom is 0.253 e. The normalized spacial score (nSPS) is 16.9. The molecule has 1 N–H and O–H groups in total. The van der Waals surface area contributed by atoms with E-state index in [-0.39, 0.29) is 5.91 Å². The van der Waals surface area contributed by atoms with Gasteiger partial charge in [0.05, 0.1) is 6.54 Å². The SMILES string of the molecule is CCNC(=NCc1ccc(C(=O)N(C)C)cc1)N1CCC(c2ccccc2)C1. The van der Waals surface area contributed by atoms with Crippen molar-refractivity contribution < 1.29 is 4.79 Å². The lowest BCUT2D eigenvalue weighted by atomic mass is 9.99. The summed E-state index contributed by atoms with van der Waals surface area (Å²) in [6.45, 7) is 5.56. The van der Waals surface area contributed by atoms with Crippen LogP contribution in [0.2, 0.25) is 0 Å². The molecule has 0 spiro atoms. The lowest BCUT2D eigenvalue weighted by Crippen LogP contribution is -2.40. The second-order valence-corrected chi connectivity index (χ2v) is 7.41. The third-order valence-electron chi connectivity index (χ3n) is 5.11. The monoisotopic (exact) mass is 378 g/mol. The number of hydrogen-bond acceptors (Lipinski definition) is 2. The van der Waals surface area contributed by atoms with Gasteiger partial charge in [0.25, 0.3) is 5.91 Å². The van der Waals surface area contributed by atoms with E-state index >= 15 is 0 Å². The number of carbonyl (C=O) groups excluding carboxylic acids is 1. The molecule has 148 valence electrons. The van der Waals surface area contributed by atoms with Gasteiger partial charge in [-0.2, -0.15) is 0 Å².